The monoisotopic (exact) mass is 411 g/mol. The minimum Gasteiger partial charge on any atom is -0.385 e. The first-order valence-corrected chi connectivity index (χ1v) is 10.4. The van der Waals surface area contributed by atoms with E-state index in [-0.39, 0.29) is 11.7 Å². The molecule has 0 bridgehead atoms. The Bertz CT molecular complexity index is 959. The Morgan fingerprint density at radius 1 is 1.21 bits per heavy atom. The van der Waals surface area contributed by atoms with Crippen molar-refractivity contribution in [3.05, 3.63) is 53.7 Å². The SMILES string of the molecule is COCCCNC(=O)CSc1nnc(-c2ccccn2)n1-c1ccc(C)cc1C. The average Bonchev–Trinajstić information content (AvgIpc) is 3.14. The number of benzene rings is 1. The summed E-state index contributed by atoms with van der Waals surface area (Å²) in [6.07, 6.45) is 2.52. The summed E-state index contributed by atoms with van der Waals surface area (Å²) in [6.45, 7) is 5.34. The van der Waals surface area contributed by atoms with Crippen molar-refractivity contribution in [2.24, 2.45) is 0 Å². The summed E-state index contributed by atoms with van der Waals surface area (Å²) in [5, 5.41) is 12.3. The Hall–Kier alpha value is -2.71. The minimum absolute atomic E-state index is 0.0410. The Balaban J connectivity index is 1.86. The summed E-state index contributed by atoms with van der Waals surface area (Å²) in [5.74, 6) is 0.874. The highest BCUT2D eigenvalue weighted by molar-refractivity contribution is 7.99. The van der Waals surface area contributed by atoms with E-state index in [0.717, 1.165) is 23.4 Å². The molecule has 0 spiro atoms. The molecule has 3 rings (SSSR count). The lowest BCUT2D eigenvalue weighted by molar-refractivity contribution is -0.118. The number of hydrogen-bond donors (Lipinski definition) is 1. The standard InChI is InChI=1S/C21H25N5O2S/c1-15-8-9-18(16(2)13-15)26-20(17-7-4-5-10-22-17)24-25-21(26)29-14-19(27)23-11-6-12-28-3/h4-5,7-10,13H,6,11-12,14H2,1-3H3,(H,23,27). The number of nitrogens with one attached hydrogen (secondary N) is 1. The van der Waals surface area contributed by atoms with Gasteiger partial charge in [-0.2, -0.15) is 0 Å². The van der Waals surface area contributed by atoms with Crippen molar-refractivity contribution < 1.29 is 9.53 Å². The topological polar surface area (TPSA) is 81.9 Å². The Kier molecular flexibility index (Phi) is 7.37. The zero-order valence-electron chi connectivity index (χ0n) is 16.9. The fourth-order valence-electron chi connectivity index (χ4n) is 2.92. The maximum absolute atomic E-state index is 12.2. The maximum atomic E-state index is 12.2. The Morgan fingerprint density at radius 2 is 2.07 bits per heavy atom. The predicted molar refractivity (Wildman–Crippen MR) is 114 cm³/mol. The van der Waals surface area contributed by atoms with Crippen molar-refractivity contribution >= 4 is 17.7 Å². The van der Waals surface area contributed by atoms with Crippen LogP contribution >= 0.6 is 11.8 Å². The lowest BCUT2D eigenvalue weighted by Gasteiger charge is -2.13. The molecule has 0 saturated carbocycles. The number of carbonyl (C=O) groups excluding carboxylic acids is 1. The van der Waals surface area contributed by atoms with Crippen molar-refractivity contribution in [3.63, 3.8) is 0 Å². The van der Waals surface area contributed by atoms with Gasteiger partial charge in [-0.1, -0.05) is 35.5 Å². The van der Waals surface area contributed by atoms with Gasteiger partial charge in [0.2, 0.25) is 5.91 Å². The predicted octanol–water partition coefficient (Wildman–Crippen LogP) is 3.19. The van der Waals surface area contributed by atoms with Crippen LogP contribution < -0.4 is 5.32 Å². The van der Waals surface area contributed by atoms with Crippen molar-refractivity contribution in [2.75, 3.05) is 26.0 Å². The van der Waals surface area contributed by atoms with Gasteiger partial charge < -0.3 is 10.1 Å². The van der Waals surface area contributed by atoms with Gasteiger partial charge in [0.15, 0.2) is 11.0 Å². The van der Waals surface area contributed by atoms with E-state index in [1.54, 1.807) is 13.3 Å². The number of hydrogen-bond acceptors (Lipinski definition) is 6. The number of carbonyl (C=O) groups is 1. The van der Waals surface area contributed by atoms with Crippen LogP contribution in [0.25, 0.3) is 17.2 Å². The molecule has 8 heteroatoms. The molecule has 152 valence electrons. The zero-order chi connectivity index (χ0) is 20.6. The van der Waals surface area contributed by atoms with Crippen LogP contribution in [0.3, 0.4) is 0 Å². The van der Waals surface area contributed by atoms with E-state index in [1.165, 1.54) is 17.3 Å². The molecule has 0 unspecified atom stereocenters. The summed E-state index contributed by atoms with van der Waals surface area (Å²) in [5.41, 5.74) is 4.00. The molecule has 1 amide bonds. The van der Waals surface area contributed by atoms with E-state index >= 15 is 0 Å². The number of aryl methyl sites for hydroxylation is 2. The average molecular weight is 412 g/mol. The Morgan fingerprint density at radius 3 is 2.79 bits per heavy atom. The fraction of sp³-hybridized carbons (Fsp3) is 0.333. The molecule has 1 aromatic carbocycles. The molecule has 0 saturated heterocycles. The molecule has 0 atom stereocenters. The van der Waals surface area contributed by atoms with Gasteiger partial charge in [0.1, 0.15) is 5.69 Å². The van der Waals surface area contributed by atoms with Crippen molar-refractivity contribution in [2.45, 2.75) is 25.4 Å². The zero-order valence-corrected chi connectivity index (χ0v) is 17.7. The largest absolute Gasteiger partial charge is 0.385 e. The molecular weight excluding hydrogens is 386 g/mol. The van der Waals surface area contributed by atoms with E-state index in [2.05, 4.69) is 52.5 Å². The van der Waals surface area contributed by atoms with E-state index in [1.807, 2.05) is 22.8 Å². The summed E-state index contributed by atoms with van der Waals surface area (Å²) >= 11 is 1.36. The van der Waals surface area contributed by atoms with Crippen LogP contribution in [0.5, 0.6) is 0 Å². The summed E-state index contributed by atoms with van der Waals surface area (Å²) in [6, 6.07) is 11.9. The van der Waals surface area contributed by atoms with E-state index in [9.17, 15) is 4.79 Å². The number of amides is 1. The molecule has 0 aliphatic heterocycles. The third-order valence-electron chi connectivity index (χ3n) is 4.30. The summed E-state index contributed by atoms with van der Waals surface area (Å²) < 4.78 is 6.97. The van der Waals surface area contributed by atoms with Crippen LogP contribution in [0.4, 0.5) is 0 Å². The number of ether oxygens (including phenoxy) is 1. The quantitative estimate of drug-likeness (QED) is 0.430. The number of rotatable bonds is 9. The van der Waals surface area contributed by atoms with Crippen LogP contribution in [0, 0.1) is 13.8 Å². The Labute approximate surface area is 174 Å². The molecule has 0 radical (unpaired) electrons. The molecule has 29 heavy (non-hydrogen) atoms. The molecule has 1 N–H and O–H groups in total. The molecular formula is C21H25N5O2S. The van der Waals surface area contributed by atoms with Gasteiger partial charge in [0, 0.05) is 26.5 Å². The van der Waals surface area contributed by atoms with Gasteiger partial charge in [0.05, 0.1) is 11.4 Å². The minimum atomic E-state index is -0.0410. The van der Waals surface area contributed by atoms with Crippen molar-refractivity contribution in [1.82, 2.24) is 25.1 Å². The second-order valence-electron chi connectivity index (χ2n) is 6.63. The summed E-state index contributed by atoms with van der Waals surface area (Å²) in [4.78, 5) is 16.6. The lowest BCUT2D eigenvalue weighted by Crippen LogP contribution is -2.27. The second-order valence-corrected chi connectivity index (χ2v) is 7.57. The smallest absolute Gasteiger partial charge is 0.230 e. The van der Waals surface area contributed by atoms with Crippen LogP contribution in [0.15, 0.2) is 47.8 Å². The van der Waals surface area contributed by atoms with E-state index < -0.39 is 0 Å². The van der Waals surface area contributed by atoms with Crippen molar-refractivity contribution in [3.8, 4) is 17.2 Å². The first-order valence-electron chi connectivity index (χ1n) is 9.43. The van der Waals surface area contributed by atoms with Gasteiger partial charge in [-0.25, -0.2) is 0 Å². The molecule has 0 fully saturated rings. The third kappa shape index (κ3) is 5.42. The summed E-state index contributed by atoms with van der Waals surface area (Å²) in [7, 11) is 1.65. The molecule has 7 nitrogen and oxygen atoms in total. The fourth-order valence-corrected chi connectivity index (χ4v) is 3.70. The van der Waals surface area contributed by atoms with Gasteiger partial charge in [-0.05, 0) is 44.0 Å². The highest BCUT2D eigenvalue weighted by atomic mass is 32.2. The first-order chi connectivity index (χ1) is 14.1. The highest BCUT2D eigenvalue weighted by Crippen LogP contribution is 2.28. The van der Waals surface area contributed by atoms with E-state index in [0.29, 0.717) is 24.1 Å². The van der Waals surface area contributed by atoms with Gasteiger partial charge >= 0.3 is 0 Å². The molecule has 2 heterocycles. The molecule has 0 aliphatic rings. The number of pyridine rings is 1. The van der Waals surface area contributed by atoms with E-state index in [4.69, 9.17) is 4.74 Å². The number of thioether (sulfide) groups is 1. The number of aromatic nitrogens is 4. The van der Waals surface area contributed by atoms with Crippen molar-refractivity contribution in [1.29, 1.82) is 0 Å². The van der Waals surface area contributed by atoms with Crippen LogP contribution in [-0.2, 0) is 9.53 Å². The highest BCUT2D eigenvalue weighted by Gasteiger charge is 2.19. The molecule has 2 aromatic heterocycles. The number of nitrogens with zero attached hydrogens (tertiary/aromatic N) is 4. The van der Waals surface area contributed by atoms with Gasteiger partial charge in [-0.15, -0.1) is 10.2 Å². The first kappa shape index (κ1) is 21.0. The molecule has 0 aliphatic carbocycles. The van der Waals surface area contributed by atoms with Crippen LogP contribution in [-0.4, -0.2) is 51.7 Å². The lowest BCUT2D eigenvalue weighted by atomic mass is 10.1. The van der Waals surface area contributed by atoms with Crippen LogP contribution in [0.2, 0.25) is 0 Å². The second kappa shape index (κ2) is 10.2. The van der Waals surface area contributed by atoms with Crippen LogP contribution in [0.1, 0.15) is 17.5 Å². The third-order valence-corrected chi connectivity index (χ3v) is 5.23. The molecule has 3 aromatic rings. The maximum Gasteiger partial charge on any atom is 0.230 e. The van der Waals surface area contributed by atoms with Gasteiger partial charge in [-0.3, -0.25) is 14.3 Å². The normalized spacial score (nSPS) is 10.9. The number of methoxy groups -OCH3 is 1. The van der Waals surface area contributed by atoms with Gasteiger partial charge in [0.25, 0.3) is 0 Å².